The molecule has 1 aromatic carbocycles. The number of hydrogen-bond donors (Lipinski definition) is 0. The minimum Gasteiger partial charge on any atom is -0.499 e. The summed E-state index contributed by atoms with van der Waals surface area (Å²) in [5.41, 5.74) is 1.15. The van der Waals surface area contributed by atoms with Gasteiger partial charge in [-0.15, -0.1) is 0 Å². The van der Waals surface area contributed by atoms with Gasteiger partial charge in [0.05, 0.1) is 12.9 Å². The van der Waals surface area contributed by atoms with Gasteiger partial charge in [-0.25, -0.2) is 0 Å². The first-order valence-corrected chi connectivity index (χ1v) is 6.34. The van der Waals surface area contributed by atoms with Crippen LogP contribution >= 0.6 is 0 Å². The zero-order chi connectivity index (χ0) is 12.2. The van der Waals surface area contributed by atoms with E-state index in [4.69, 9.17) is 9.47 Å². The molecule has 2 nitrogen and oxygen atoms in total. The first-order chi connectivity index (χ1) is 8.43. The van der Waals surface area contributed by atoms with Gasteiger partial charge in [-0.2, -0.15) is 0 Å². The summed E-state index contributed by atoms with van der Waals surface area (Å²) in [6.45, 7) is 4.33. The normalized spacial score (nSPS) is 10.9. The van der Waals surface area contributed by atoms with Crippen LogP contribution < -0.4 is 0 Å². The molecular formula is C15H22O2. The summed E-state index contributed by atoms with van der Waals surface area (Å²) in [6, 6.07) is 10.1. The first-order valence-electron chi connectivity index (χ1n) is 6.34. The van der Waals surface area contributed by atoms with Crippen LogP contribution in [0.2, 0.25) is 0 Å². The lowest BCUT2D eigenvalue weighted by molar-refractivity contribution is 0.0831. The molecular weight excluding hydrogens is 212 g/mol. The topological polar surface area (TPSA) is 18.5 Å². The smallest absolute Gasteiger partial charge is 0.111 e. The van der Waals surface area contributed by atoms with Crippen LogP contribution in [0.3, 0.4) is 0 Å². The Labute approximate surface area is 104 Å². The monoisotopic (exact) mass is 234 g/mol. The maximum absolute atomic E-state index is 5.43. The Kier molecular flexibility index (Phi) is 8.04. The second-order valence-electron chi connectivity index (χ2n) is 3.90. The highest BCUT2D eigenvalue weighted by molar-refractivity contribution is 5.47. The fraction of sp³-hybridized carbons (Fsp3) is 0.467. The van der Waals surface area contributed by atoms with Crippen LogP contribution in [0.25, 0.3) is 6.08 Å². The molecule has 0 radical (unpaired) electrons. The van der Waals surface area contributed by atoms with Crippen molar-refractivity contribution in [3.05, 3.63) is 42.2 Å². The lowest BCUT2D eigenvalue weighted by Gasteiger charge is -2.03. The summed E-state index contributed by atoms with van der Waals surface area (Å²) in [7, 11) is 0. The summed E-state index contributed by atoms with van der Waals surface area (Å²) >= 11 is 0. The summed E-state index contributed by atoms with van der Waals surface area (Å²) in [4.78, 5) is 0. The van der Waals surface area contributed by atoms with Crippen molar-refractivity contribution in [3.63, 3.8) is 0 Å². The molecule has 0 unspecified atom stereocenters. The molecule has 0 saturated heterocycles. The molecule has 0 heterocycles. The molecule has 0 aliphatic rings. The van der Waals surface area contributed by atoms with Crippen molar-refractivity contribution in [1.29, 1.82) is 0 Å². The quantitative estimate of drug-likeness (QED) is 0.477. The average molecular weight is 234 g/mol. The molecule has 0 amide bonds. The van der Waals surface area contributed by atoms with Gasteiger partial charge in [-0.1, -0.05) is 50.1 Å². The fourth-order valence-corrected chi connectivity index (χ4v) is 1.42. The van der Waals surface area contributed by atoms with Crippen LogP contribution in [0.5, 0.6) is 0 Å². The molecule has 0 aromatic heterocycles. The minimum atomic E-state index is 0.620. The Morgan fingerprint density at radius 3 is 2.59 bits per heavy atom. The number of benzene rings is 1. The van der Waals surface area contributed by atoms with E-state index in [1.165, 1.54) is 12.8 Å². The van der Waals surface area contributed by atoms with Crippen molar-refractivity contribution in [3.8, 4) is 0 Å². The minimum absolute atomic E-state index is 0.620. The number of rotatable bonds is 9. The highest BCUT2D eigenvalue weighted by Crippen LogP contribution is 2.00. The van der Waals surface area contributed by atoms with Crippen LogP contribution in [-0.2, 0) is 9.47 Å². The average Bonchev–Trinajstić information content (AvgIpc) is 2.38. The molecule has 0 atom stereocenters. The van der Waals surface area contributed by atoms with Gasteiger partial charge in [0.1, 0.15) is 6.61 Å². The number of ether oxygens (including phenoxy) is 2. The van der Waals surface area contributed by atoms with E-state index >= 15 is 0 Å². The van der Waals surface area contributed by atoms with Gasteiger partial charge in [0.15, 0.2) is 0 Å². The third kappa shape index (κ3) is 7.58. The molecule has 1 aromatic rings. The molecule has 2 heteroatoms. The van der Waals surface area contributed by atoms with Gasteiger partial charge in [-0.3, -0.25) is 0 Å². The Morgan fingerprint density at radius 2 is 1.82 bits per heavy atom. The van der Waals surface area contributed by atoms with E-state index in [-0.39, 0.29) is 0 Å². The fourth-order valence-electron chi connectivity index (χ4n) is 1.42. The van der Waals surface area contributed by atoms with E-state index in [1.54, 1.807) is 6.26 Å². The summed E-state index contributed by atoms with van der Waals surface area (Å²) in [5, 5.41) is 0. The SMILES string of the molecule is CCCCCOCCOC=Cc1ccccc1. The molecule has 0 N–H and O–H groups in total. The third-order valence-corrected chi connectivity index (χ3v) is 2.39. The van der Waals surface area contributed by atoms with Crippen molar-refractivity contribution in [2.45, 2.75) is 26.2 Å². The standard InChI is InChI=1S/C15H22O2/c1-2-3-7-11-16-13-14-17-12-10-15-8-5-4-6-9-15/h4-6,8-10,12H,2-3,7,11,13-14H2,1H3. The van der Waals surface area contributed by atoms with Gasteiger partial charge in [0.25, 0.3) is 0 Å². The second kappa shape index (κ2) is 9.91. The molecule has 17 heavy (non-hydrogen) atoms. The maximum Gasteiger partial charge on any atom is 0.111 e. The molecule has 0 spiro atoms. The van der Waals surface area contributed by atoms with Crippen molar-refractivity contribution >= 4 is 6.08 Å². The number of hydrogen-bond acceptors (Lipinski definition) is 2. The Morgan fingerprint density at radius 1 is 1.00 bits per heavy atom. The lowest BCUT2D eigenvalue weighted by atomic mass is 10.2. The van der Waals surface area contributed by atoms with E-state index < -0.39 is 0 Å². The van der Waals surface area contributed by atoms with Gasteiger partial charge in [0, 0.05) is 6.61 Å². The highest BCUT2D eigenvalue weighted by Gasteiger charge is 1.88. The zero-order valence-corrected chi connectivity index (χ0v) is 10.6. The molecule has 0 saturated carbocycles. The Hall–Kier alpha value is -1.28. The second-order valence-corrected chi connectivity index (χ2v) is 3.90. The van der Waals surface area contributed by atoms with Gasteiger partial charge in [-0.05, 0) is 18.1 Å². The highest BCUT2D eigenvalue weighted by atomic mass is 16.5. The Balaban J connectivity index is 1.95. The maximum atomic E-state index is 5.43. The predicted octanol–water partition coefficient (Wildman–Crippen LogP) is 3.88. The first kappa shape index (κ1) is 13.8. The van der Waals surface area contributed by atoms with Crippen molar-refractivity contribution in [1.82, 2.24) is 0 Å². The van der Waals surface area contributed by atoms with E-state index in [2.05, 4.69) is 6.92 Å². The molecule has 0 bridgehead atoms. The molecule has 1 rings (SSSR count). The van der Waals surface area contributed by atoms with Crippen LogP contribution in [0, 0.1) is 0 Å². The van der Waals surface area contributed by atoms with Gasteiger partial charge in [0.2, 0.25) is 0 Å². The predicted molar refractivity (Wildman–Crippen MR) is 71.8 cm³/mol. The molecule has 94 valence electrons. The van der Waals surface area contributed by atoms with Gasteiger partial charge < -0.3 is 9.47 Å². The number of unbranched alkanes of at least 4 members (excludes halogenated alkanes) is 2. The molecule has 0 fully saturated rings. The van der Waals surface area contributed by atoms with Crippen LogP contribution in [0.15, 0.2) is 36.6 Å². The van der Waals surface area contributed by atoms with Crippen LogP contribution in [-0.4, -0.2) is 19.8 Å². The van der Waals surface area contributed by atoms with E-state index in [0.29, 0.717) is 13.2 Å². The van der Waals surface area contributed by atoms with Gasteiger partial charge >= 0.3 is 0 Å². The van der Waals surface area contributed by atoms with Crippen molar-refractivity contribution in [2.24, 2.45) is 0 Å². The van der Waals surface area contributed by atoms with Crippen LogP contribution in [0.4, 0.5) is 0 Å². The van der Waals surface area contributed by atoms with Crippen molar-refractivity contribution < 1.29 is 9.47 Å². The lowest BCUT2D eigenvalue weighted by Crippen LogP contribution is -2.02. The zero-order valence-electron chi connectivity index (χ0n) is 10.6. The van der Waals surface area contributed by atoms with Crippen LogP contribution in [0.1, 0.15) is 31.7 Å². The van der Waals surface area contributed by atoms with E-state index in [0.717, 1.165) is 18.6 Å². The Bertz CT molecular complexity index is 293. The van der Waals surface area contributed by atoms with E-state index in [1.807, 2.05) is 36.4 Å². The largest absolute Gasteiger partial charge is 0.499 e. The molecule has 0 aliphatic carbocycles. The summed E-state index contributed by atoms with van der Waals surface area (Å²) in [6.07, 6.45) is 7.31. The van der Waals surface area contributed by atoms with Crippen molar-refractivity contribution in [2.75, 3.05) is 19.8 Å². The molecule has 0 aliphatic heterocycles. The third-order valence-electron chi connectivity index (χ3n) is 2.39. The summed E-state index contributed by atoms with van der Waals surface area (Å²) in [5.74, 6) is 0. The van der Waals surface area contributed by atoms with E-state index in [9.17, 15) is 0 Å². The summed E-state index contributed by atoms with van der Waals surface area (Å²) < 4.78 is 10.8.